The highest BCUT2D eigenvalue weighted by atomic mass is 32.1. The first-order valence-electron chi connectivity index (χ1n) is 7.62. The van der Waals surface area contributed by atoms with E-state index in [0.29, 0.717) is 23.0 Å². The van der Waals surface area contributed by atoms with Crippen molar-refractivity contribution in [3.05, 3.63) is 59.3 Å². The van der Waals surface area contributed by atoms with E-state index in [1.165, 1.54) is 11.3 Å². The topological polar surface area (TPSA) is 81.4 Å². The Morgan fingerprint density at radius 2 is 2.00 bits per heavy atom. The van der Waals surface area contributed by atoms with E-state index < -0.39 is 11.9 Å². The molecular formula is C18H16N2O4S. The van der Waals surface area contributed by atoms with Crippen LogP contribution in [0.4, 0.5) is 5.69 Å². The van der Waals surface area contributed by atoms with Gasteiger partial charge in [-0.25, -0.2) is 4.98 Å². The number of esters is 1. The second-order valence-corrected chi connectivity index (χ2v) is 6.20. The number of aryl methyl sites for hydroxylation is 1. The Balaban J connectivity index is 1.52. The summed E-state index contributed by atoms with van der Waals surface area (Å²) in [6.07, 6.45) is -0.0423. The number of para-hydroxylation sites is 1. The van der Waals surface area contributed by atoms with Crippen LogP contribution in [0.3, 0.4) is 0 Å². The molecule has 0 unspecified atom stereocenters. The fourth-order valence-corrected chi connectivity index (χ4v) is 2.80. The van der Waals surface area contributed by atoms with Gasteiger partial charge in [0.2, 0.25) is 5.89 Å². The number of oxazole rings is 1. The van der Waals surface area contributed by atoms with Crippen LogP contribution in [0.5, 0.6) is 0 Å². The molecule has 0 saturated heterocycles. The summed E-state index contributed by atoms with van der Waals surface area (Å²) in [5.41, 5.74) is 1.16. The summed E-state index contributed by atoms with van der Waals surface area (Å²) in [7, 11) is 0. The molecule has 3 aromatic rings. The maximum Gasteiger partial charge on any atom is 0.312 e. The molecule has 0 fully saturated rings. The first-order valence-corrected chi connectivity index (χ1v) is 8.50. The molecule has 0 atom stereocenters. The first-order chi connectivity index (χ1) is 12.1. The lowest BCUT2D eigenvalue weighted by Gasteiger charge is -2.05. The molecule has 0 bridgehead atoms. The van der Waals surface area contributed by atoms with Crippen molar-refractivity contribution in [2.24, 2.45) is 0 Å². The summed E-state index contributed by atoms with van der Waals surface area (Å²) in [5, 5.41) is 4.57. The van der Waals surface area contributed by atoms with Gasteiger partial charge < -0.3 is 14.5 Å². The number of benzene rings is 1. The van der Waals surface area contributed by atoms with Crippen LogP contribution in [0.1, 0.15) is 11.5 Å². The Morgan fingerprint density at radius 3 is 2.72 bits per heavy atom. The van der Waals surface area contributed by atoms with E-state index in [1.54, 1.807) is 31.2 Å². The number of nitrogens with one attached hydrogen (secondary N) is 1. The minimum atomic E-state index is -0.530. The number of amides is 1. The zero-order valence-corrected chi connectivity index (χ0v) is 14.3. The predicted octanol–water partition coefficient (Wildman–Crippen LogP) is 3.44. The van der Waals surface area contributed by atoms with Crippen molar-refractivity contribution in [1.82, 2.24) is 4.98 Å². The van der Waals surface area contributed by atoms with E-state index in [0.717, 1.165) is 4.88 Å². The summed E-state index contributed by atoms with van der Waals surface area (Å²) >= 11 is 1.51. The van der Waals surface area contributed by atoms with Crippen molar-refractivity contribution in [1.29, 1.82) is 0 Å². The average Bonchev–Trinajstić information content (AvgIpc) is 3.24. The van der Waals surface area contributed by atoms with Crippen LogP contribution in [-0.2, 0) is 20.7 Å². The lowest BCUT2D eigenvalue weighted by molar-refractivity contribution is -0.146. The number of nitrogens with zero attached hydrogens (tertiary/aromatic N) is 1. The normalized spacial score (nSPS) is 10.4. The van der Waals surface area contributed by atoms with Crippen LogP contribution < -0.4 is 5.32 Å². The van der Waals surface area contributed by atoms with Crippen LogP contribution in [0.25, 0.3) is 10.8 Å². The zero-order valence-electron chi connectivity index (χ0n) is 13.5. The number of anilines is 1. The van der Waals surface area contributed by atoms with E-state index >= 15 is 0 Å². The fraction of sp³-hybridized carbons (Fsp3) is 0.167. The number of thiophene rings is 1. The summed E-state index contributed by atoms with van der Waals surface area (Å²) in [6, 6.07) is 12.8. The highest BCUT2D eigenvalue weighted by Gasteiger charge is 2.16. The molecule has 7 heteroatoms. The van der Waals surface area contributed by atoms with Crippen molar-refractivity contribution in [2.75, 3.05) is 11.9 Å². The highest BCUT2D eigenvalue weighted by molar-refractivity contribution is 7.13. The molecule has 2 heterocycles. The molecule has 0 aliphatic carbocycles. The van der Waals surface area contributed by atoms with E-state index in [2.05, 4.69) is 10.3 Å². The van der Waals surface area contributed by atoms with Crippen molar-refractivity contribution in [3.63, 3.8) is 0 Å². The third-order valence-corrected chi connectivity index (χ3v) is 4.22. The molecule has 0 spiro atoms. The number of aromatic nitrogens is 1. The Morgan fingerprint density at radius 1 is 1.20 bits per heavy atom. The first kappa shape index (κ1) is 16.9. The van der Waals surface area contributed by atoms with Crippen molar-refractivity contribution in [3.8, 4) is 10.8 Å². The van der Waals surface area contributed by atoms with Crippen LogP contribution in [-0.4, -0.2) is 23.5 Å². The number of rotatable bonds is 6. The molecule has 3 rings (SSSR count). The zero-order chi connectivity index (χ0) is 17.6. The number of carbonyl (C=O) groups is 2. The highest BCUT2D eigenvalue weighted by Crippen LogP contribution is 2.26. The van der Waals surface area contributed by atoms with Crippen molar-refractivity contribution >= 4 is 28.9 Å². The van der Waals surface area contributed by atoms with Gasteiger partial charge in [-0.05, 0) is 30.5 Å². The largest absolute Gasteiger partial charge is 0.455 e. The molecule has 1 aromatic carbocycles. The number of hydrogen-bond acceptors (Lipinski definition) is 6. The monoisotopic (exact) mass is 356 g/mol. The van der Waals surface area contributed by atoms with Crippen molar-refractivity contribution < 1.29 is 18.7 Å². The molecule has 1 N–H and O–H groups in total. The van der Waals surface area contributed by atoms with Gasteiger partial charge >= 0.3 is 5.97 Å². The maximum atomic E-state index is 11.9. The smallest absolute Gasteiger partial charge is 0.312 e. The van der Waals surface area contributed by atoms with E-state index in [4.69, 9.17) is 9.15 Å². The number of hydrogen-bond donors (Lipinski definition) is 1. The molecule has 2 aromatic heterocycles. The van der Waals surface area contributed by atoms with E-state index in [9.17, 15) is 9.59 Å². The Labute approximate surface area is 148 Å². The second kappa shape index (κ2) is 7.76. The Kier molecular flexibility index (Phi) is 5.25. The second-order valence-electron chi connectivity index (χ2n) is 5.25. The molecular weight excluding hydrogens is 340 g/mol. The molecule has 1 amide bonds. The molecule has 0 radical (unpaired) electrons. The van der Waals surface area contributed by atoms with Gasteiger partial charge in [-0.1, -0.05) is 24.3 Å². The molecule has 0 saturated carbocycles. The van der Waals surface area contributed by atoms with Gasteiger partial charge in [0.15, 0.2) is 6.61 Å². The summed E-state index contributed by atoms with van der Waals surface area (Å²) in [6.45, 7) is 1.40. The molecule has 25 heavy (non-hydrogen) atoms. The number of ether oxygens (including phenoxy) is 1. The Hall–Kier alpha value is -2.93. The summed E-state index contributed by atoms with van der Waals surface area (Å²) in [4.78, 5) is 28.9. The maximum absolute atomic E-state index is 11.9. The molecule has 128 valence electrons. The Bertz CT molecular complexity index is 857. The molecule has 6 nitrogen and oxygen atoms in total. The van der Waals surface area contributed by atoms with Gasteiger partial charge in [-0.2, -0.15) is 0 Å². The van der Waals surface area contributed by atoms with Crippen LogP contribution in [0.2, 0.25) is 0 Å². The molecule has 0 aliphatic heterocycles. The lowest BCUT2D eigenvalue weighted by atomic mass is 10.3. The number of carbonyl (C=O) groups excluding carboxylic acids is 2. The van der Waals surface area contributed by atoms with E-state index in [1.807, 2.05) is 23.6 Å². The van der Waals surface area contributed by atoms with Gasteiger partial charge in [0, 0.05) is 5.69 Å². The van der Waals surface area contributed by atoms with Crippen molar-refractivity contribution in [2.45, 2.75) is 13.3 Å². The minimum absolute atomic E-state index is 0.0423. The van der Waals surface area contributed by atoms with Gasteiger partial charge in [0.1, 0.15) is 5.76 Å². The third kappa shape index (κ3) is 4.54. The minimum Gasteiger partial charge on any atom is -0.455 e. The average molecular weight is 356 g/mol. The predicted molar refractivity (Wildman–Crippen MR) is 94.3 cm³/mol. The van der Waals surface area contributed by atoms with E-state index in [-0.39, 0.29) is 13.0 Å². The van der Waals surface area contributed by atoms with Crippen LogP contribution in [0.15, 0.2) is 52.3 Å². The lowest BCUT2D eigenvalue weighted by Crippen LogP contribution is -2.21. The summed E-state index contributed by atoms with van der Waals surface area (Å²) < 4.78 is 10.6. The summed E-state index contributed by atoms with van der Waals surface area (Å²) in [5.74, 6) is 0.124. The van der Waals surface area contributed by atoms with Crippen LogP contribution >= 0.6 is 11.3 Å². The quantitative estimate of drug-likeness (QED) is 0.684. The van der Waals surface area contributed by atoms with Crippen LogP contribution in [0, 0.1) is 6.92 Å². The SMILES string of the molecule is Cc1oc(-c2cccs2)nc1CC(=O)OCC(=O)Nc1ccccc1. The van der Waals surface area contributed by atoms with Gasteiger partial charge in [0.25, 0.3) is 5.91 Å². The van der Waals surface area contributed by atoms with Gasteiger partial charge in [-0.15, -0.1) is 11.3 Å². The fourth-order valence-electron chi connectivity index (χ4n) is 2.15. The molecule has 0 aliphatic rings. The standard InChI is InChI=1S/C18H16N2O4S/c1-12-14(20-18(24-12)15-8-5-9-25-15)10-17(22)23-11-16(21)19-13-6-3-2-4-7-13/h2-9H,10-11H2,1H3,(H,19,21). The van der Waals surface area contributed by atoms with Gasteiger partial charge in [0.05, 0.1) is 17.0 Å². The third-order valence-electron chi connectivity index (χ3n) is 3.36. The van der Waals surface area contributed by atoms with Gasteiger partial charge in [-0.3, -0.25) is 9.59 Å².